The van der Waals surface area contributed by atoms with Crippen molar-refractivity contribution < 1.29 is 14.7 Å². The van der Waals surface area contributed by atoms with E-state index in [0.29, 0.717) is 16.3 Å². The first kappa shape index (κ1) is 12.4. The van der Waals surface area contributed by atoms with Gasteiger partial charge in [0.25, 0.3) is 5.91 Å². The first-order valence-corrected chi connectivity index (χ1v) is 5.42. The summed E-state index contributed by atoms with van der Waals surface area (Å²) in [6.07, 6.45) is 0. The Balaban J connectivity index is 2.88. The summed E-state index contributed by atoms with van der Waals surface area (Å²) in [4.78, 5) is 22.4. The van der Waals surface area contributed by atoms with Crippen LogP contribution in [0.1, 0.15) is 23.0 Å². The van der Waals surface area contributed by atoms with Crippen molar-refractivity contribution in [3.8, 4) is 0 Å². The molecule has 88 valence electrons. The van der Waals surface area contributed by atoms with Crippen molar-refractivity contribution in [3.63, 3.8) is 0 Å². The van der Waals surface area contributed by atoms with E-state index in [1.165, 1.54) is 18.5 Å². The highest BCUT2D eigenvalue weighted by Crippen LogP contribution is 2.23. The number of nitrogens with one attached hydrogen (secondary N) is 2. The molecule has 1 aromatic rings. The summed E-state index contributed by atoms with van der Waals surface area (Å²) in [5.74, 6) is -1.49. The van der Waals surface area contributed by atoms with Gasteiger partial charge in [-0.15, -0.1) is 0 Å². The van der Waals surface area contributed by atoms with Crippen molar-refractivity contribution in [1.82, 2.24) is 9.69 Å². The Morgan fingerprint density at radius 2 is 2.12 bits per heavy atom. The third kappa shape index (κ3) is 2.48. The molecule has 1 unspecified atom stereocenters. The molecule has 0 fully saturated rings. The van der Waals surface area contributed by atoms with Gasteiger partial charge in [0.1, 0.15) is 11.0 Å². The fraction of sp³-hybridized carbons (Fsp3) is 0.444. The second-order valence-electron chi connectivity index (χ2n) is 3.26. The molecule has 3 N–H and O–H groups in total. The van der Waals surface area contributed by atoms with E-state index in [-0.39, 0.29) is 0 Å². The number of amides is 1. The van der Waals surface area contributed by atoms with Crippen LogP contribution in [-0.4, -0.2) is 34.4 Å². The number of aromatic nitrogens is 1. The number of carbonyl (C=O) groups is 2. The molecule has 7 heteroatoms. The molecule has 0 saturated heterocycles. The molecule has 0 bridgehead atoms. The Morgan fingerprint density at radius 3 is 2.62 bits per heavy atom. The van der Waals surface area contributed by atoms with Crippen LogP contribution >= 0.6 is 11.5 Å². The number of rotatable bonds is 4. The Morgan fingerprint density at radius 1 is 1.50 bits per heavy atom. The van der Waals surface area contributed by atoms with Gasteiger partial charge in [0.2, 0.25) is 0 Å². The lowest BCUT2D eigenvalue weighted by molar-refractivity contribution is -0.138. The number of carboxylic acid groups (broad SMARTS) is 1. The van der Waals surface area contributed by atoms with Gasteiger partial charge >= 0.3 is 5.97 Å². The average Bonchev–Trinajstić information content (AvgIpc) is 2.59. The van der Waals surface area contributed by atoms with Crippen LogP contribution in [0.4, 0.5) is 5.00 Å². The maximum atomic E-state index is 11.8. The van der Waals surface area contributed by atoms with Crippen LogP contribution in [0.2, 0.25) is 0 Å². The van der Waals surface area contributed by atoms with E-state index in [1.807, 2.05) is 0 Å². The molecule has 0 radical (unpaired) electrons. The number of carbonyl (C=O) groups excluding carboxylic acids is 1. The van der Waals surface area contributed by atoms with Gasteiger partial charge in [-0.25, -0.2) is 0 Å². The second-order valence-corrected chi connectivity index (χ2v) is 4.03. The molecule has 0 saturated carbocycles. The SMILES string of the molecule is CNc1snc(C)c1C(=O)NC(C)C(=O)O. The van der Waals surface area contributed by atoms with E-state index in [9.17, 15) is 9.59 Å². The summed E-state index contributed by atoms with van der Waals surface area (Å²) in [6.45, 7) is 3.12. The number of anilines is 1. The summed E-state index contributed by atoms with van der Waals surface area (Å²) in [5, 5.41) is 14.5. The molecular formula is C9H13N3O3S. The van der Waals surface area contributed by atoms with Crippen molar-refractivity contribution in [2.45, 2.75) is 19.9 Å². The molecule has 6 nitrogen and oxygen atoms in total. The Hall–Kier alpha value is -1.63. The second kappa shape index (κ2) is 4.93. The highest BCUT2D eigenvalue weighted by molar-refractivity contribution is 7.10. The molecule has 0 aliphatic rings. The van der Waals surface area contributed by atoms with Gasteiger partial charge in [0, 0.05) is 7.05 Å². The molecular weight excluding hydrogens is 230 g/mol. The summed E-state index contributed by atoms with van der Waals surface area (Å²) in [6, 6.07) is -0.920. The number of carboxylic acids is 1. The lowest BCUT2D eigenvalue weighted by Gasteiger charge is -2.09. The normalized spacial score (nSPS) is 11.9. The van der Waals surface area contributed by atoms with Gasteiger partial charge in [-0.1, -0.05) is 0 Å². The summed E-state index contributed by atoms with van der Waals surface area (Å²) in [7, 11) is 1.68. The monoisotopic (exact) mass is 243 g/mol. The smallest absolute Gasteiger partial charge is 0.325 e. The van der Waals surface area contributed by atoms with E-state index in [4.69, 9.17) is 5.11 Å². The van der Waals surface area contributed by atoms with Crippen LogP contribution in [0.5, 0.6) is 0 Å². The predicted octanol–water partition coefficient (Wildman–Crippen LogP) is 0.696. The number of hydrogen-bond acceptors (Lipinski definition) is 5. The zero-order chi connectivity index (χ0) is 12.3. The van der Waals surface area contributed by atoms with Gasteiger partial charge in [0.15, 0.2) is 0 Å². The molecule has 0 aliphatic heterocycles. The first-order chi connectivity index (χ1) is 7.47. The van der Waals surface area contributed by atoms with Crippen molar-refractivity contribution >= 4 is 28.4 Å². The van der Waals surface area contributed by atoms with Crippen molar-refractivity contribution in [3.05, 3.63) is 11.3 Å². The van der Waals surface area contributed by atoms with Crippen molar-refractivity contribution in [1.29, 1.82) is 0 Å². The molecule has 0 spiro atoms. The number of hydrogen-bond donors (Lipinski definition) is 3. The summed E-state index contributed by atoms with van der Waals surface area (Å²) < 4.78 is 4.03. The maximum Gasteiger partial charge on any atom is 0.325 e. The number of nitrogens with zero attached hydrogens (tertiary/aromatic N) is 1. The minimum atomic E-state index is -1.07. The van der Waals surface area contributed by atoms with E-state index in [1.54, 1.807) is 14.0 Å². The fourth-order valence-corrected chi connectivity index (χ4v) is 1.88. The van der Waals surface area contributed by atoms with Crippen molar-refractivity contribution in [2.75, 3.05) is 12.4 Å². The van der Waals surface area contributed by atoms with Gasteiger partial charge in [-0.2, -0.15) is 4.37 Å². The van der Waals surface area contributed by atoms with Gasteiger partial charge in [0.05, 0.1) is 11.3 Å². The predicted molar refractivity (Wildman–Crippen MR) is 61.0 cm³/mol. The van der Waals surface area contributed by atoms with Crippen LogP contribution in [0.3, 0.4) is 0 Å². The van der Waals surface area contributed by atoms with E-state index < -0.39 is 17.9 Å². The third-order valence-electron chi connectivity index (χ3n) is 2.03. The lowest BCUT2D eigenvalue weighted by Crippen LogP contribution is -2.38. The van der Waals surface area contributed by atoms with Crippen LogP contribution in [0.15, 0.2) is 0 Å². The van der Waals surface area contributed by atoms with E-state index >= 15 is 0 Å². The minimum absolute atomic E-state index is 0.403. The molecule has 1 atom stereocenters. The molecule has 1 aromatic heterocycles. The maximum absolute atomic E-state index is 11.8. The molecule has 1 heterocycles. The Bertz CT molecular complexity index is 416. The number of aryl methyl sites for hydroxylation is 1. The first-order valence-electron chi connectivity index (χ1n) is 4.65. The van der Waals surface area contributed by atoms with E-state index in [0.717, 1.165) is 0 Å². The van der Waals surface area contributed by atoms with Crippen LogP contribution in [-0.2, 0) is 4.79 Å². The zero-order valence-electron chi connectivity index (χ0n) is 9.20. The number of aliphatic carboxylic acids is 1. The van der Waals surface area contributed by atoms with Gasteiger partial charge < -0.3 is 15.7 Å². The van der Waals surface area contributed by atoms with Crippen LogP contribution < -0.4 is 10.6 Å². The fourth-order valence-electron chi connectivity index (χ4n) is 1.14. The largest absolute Gasteiger partial charge is 0.480 e. The van der Waals surface area contributed by atoms with Crippen LogP contribution in [0, 0.1) is 6.92 Å². The molecule has 1 amide bonds. The standard InChI is InChI=1S/C9H13N3O3S/c1-4-6(8(10-3)16-12-4)7(13)11-5(2)9(14)15/h5,10H,1-3H3,(H,11,13)(H,14,15). The molecule has 0 aromatic carbocycles. The zero-order valence-corrected chi connectivity index (χ0v) is 10.0. The highest BCUT2D eigenvalue weighted by atomic mass is 32.1. The topological polar surface area (TPSA) is 91.3 Å². The van der Waals surface area contributed by atoms with Crippen LogP contribution in [0.25, 0.3) is 0 Å². The summed E-state index contributed by atoms with van der Waals surface area (Å²) >= 11 is 1.17. The van der Waals surface area contributed by atoms with Gasteiger partial charge in [-0.05, 0) is 25.4 Å². The Kier molecular flexibility index (Phi) is 3.83. The molecule has 1 rings (SSSR count). The average molecular weight is 243 g/mol. The van der Waals surface area contributed by atoms with Crippen molar-refractivity contribution in [2.24, 2.45) is 0 Å². The molecule has 16 heavy (non-hydrogen) atoms. The lowest BCUT2D eigenvalue weighted by atomic mass is 10.2. The third-order valence-corrected chi connectivity index (χ3v) is 2.99. The quantitative estimate of drug-likeness (QED) is 0.724. The Labute approximate surface area is 96.8 Å². The minimum Gasteiger partial charge on any atom is -0.480 e. The van der Waals surface area contributed by atoms with E-state index in [2.05, 4.69) is 15.0 Å². The van der Waals surface area contributed by atoms with Gasteiger partial charge in [-0.3, -0.25) is 9.59 Å². The molecule has 0 aliphatic carbocycles. The summed E-state index contributed by atoms with van der Waals surface area (Å²) in [5.41, 5.74) is 0.991. The highest BCUT2D eigenvalue weighted by Gasteiger charge is 2.21.